The maximum Gasteiger partial charge on any atom is 0.204 e. The van der Waals surface area contributed by atoms with Gasteiger partial charge in [-0.05, 0) is 23.1 Å². The van der Waals surface area contributed by atoms with Crippen molar-refractivity contribution in [3.05, 3.63) is 94.4 Å². The summed E-state index contributed by atoms with van der Waals surface area (Å²) in [6.07, 6.45) is 6.17. The summed E-state index contributed by atoms with van der Waals surface area (Å²) >= 11 is 1.66. The minimum Gasteiger partial charge on any atom is -0.288 e. The van der Waals surface area contributed by atoms with Crippen molar-refractivity contribution >= 4 is 23.1 Å². The van der Waals surface area contributed by atoms with Crippen LogP contribution in [-0.2, 0) is 0 Å². The van der Waals surface area contributed by atoms with Gasteiger partial charge in [-0.25, -0.2) is 0 Å². The van der Waals surface area contributed by atoms with Crippen LogP contribution in [0.3, 0.4) is 0 Å². The van der Waals surface area contributed by atoms with Crippen LogP contribution in [0.15, 0.2) is 88.2 Å². The molecule has 0 unspecified atom stereocenters. The first-order valence-corrected chi connectivity index (χ1v) is 9.63. The lowest BCUT2D eigenvalue weighted by Gasteiger charge is -2.19. The largest absolute Gasteiger partial charge is 0.288 e. The third-order valence-corrected chi connectivity index (χ3v) is 5.15. The lowest BCUT2D eigenvalue weighted by atomic mass is 9.93. The van der Waals surface area contributed by atoms with Crippen molar-refractivity contribution in [3.8, 4) is 6.07 Å². The van der Waals surface area contributed by atoms with Crippen molar-refractivity contribution in [2.24, 2.45) is 5.41 Å². The van der Waals surface area contributed by atoms with Gasteiger partial charge < -0.3 is 0 Å². The van der Waals surface area contributed by atoms with Crippen LogP contribution in [0.5, 0.6) is 0 Å². The van der Waals surface area contributed by atoms with Gasteiger partial charge in [0.15, 0.2) is 0 Å². The number of ketones is 1. The molecular weight excluding hydrogens is 350 g/mol. The second kappa shape index (κ2) is 7.82. The zero-order chi connectivity index (χ0) is 19.4. The SMILES string of the molecule is CC(C)(C)/C=C/C1=CC(=C(/C#N)C(=O)c2ccccc2)/c2ccccc2S1. The van der Waals surface area contributed by atoms with Gasteiger partial charge in [0.05, 0.1) is 0 Å². The molecule has 0 fully saturated rings. The van der Waals surface area contributed by atoms with Crippen molar-refractivity contribution in [3.63, 3.8) is 0 Å². The van der Waals surface area contributed by atoms with E-state index in [-0.39, 0.29) is 16.8 Å². The monoisotopic (exact) mass is 371 g/mol. The summed E-state index contributed by atoms with van der Waals surface area (Å²) in [5, 5.41) is 9.80. The molecule has 3 rings (SSSR count). The van der Waals surface area contributed by atoms with Crippen LogP contribution in [-0.4, -0.2) is 5.78 Å². The van der Waals surface area contributed by atoms with E-state index in [1.54, 1.807) is 23.9 Å². The second-order valence-electron chi connectivity index (χ2n) is 7.44. The van der Waals surface area contributed by atoms with E-state index < -0.39 is 0 Å². The standard InChI is InChI=1S/C24H21NOS/c1-24(2,3)14-13-18-15-20(19-11-7-8-12-22(19)27-18)21(16-25)23(26)17-9-5-4-6-10-17/h4-15H,1-3H3/b14-13+,21-20+. The number of thioether (sulfide) groups is 1. The van der Waals surface area contributed by atoms with Crippen molar-refractivity contribution in [2.75, 3.05) is 0 Å². The van der Waals surface area contributed by atoms with Gasteiger partial charge in [-0.3, -0.25) is 4.79 Å². The van der Waals surface area contributed by atoms with Gasteiger partial charge in [0, 0.05) is 20.9 Å². The van der Waals surface area contributed by atoms with Crippen LogP contribution < -0.4 is 0 Å². The van der Waals surface area contributed by atoms with E-state index in [4.69, 9.17) is 0 Å². The van der Waals surface area contributed by atoms with Crippen molar-refractivity contribution in [2.45, 2.75) is 25.7 Å². The van der Waals surface area contributed by atoms with Gasteiger partial charge in [0.1, 0.15) is 11.6 Å². The van der Waals surface area contributed by atoms with Crippen LogP contribution in [0, 0.1) is 16.7 Å². The van der Waals surface area contributed by atoms with Gasteiger partial charge in [-0.1, -0.05) is 93.2 Å². The first-order valence-electron chi connectivity index (χ1n) is 8.81. The molecule has 1 aliphatic rings. The van der Waals surface area contributed by atoms with Crippen LogP contribution in [0.4, 0.5) is 0 Å². The number of hydrogen-bond acceptors (Lipinski definition) is 3. The zero-order valence-electron chi connectivity index (χ0n) is 15.7. The predicted octanol–water partition coefficient (Wildman–Crippen LogP) is 6.44. The summed E-state index contributed by atoms with van der Waals surface area (Å²) in [4.78, 5) is 15.0. The molecule has 0 amide bonds. The molecule has 134 valence electrons. The van der Waals surface area contributed by atoms with Gasteiger partial charge in [-0.2, -0.15) is 5.26 Å². The highest BCUT2D eigenvalue weighted by Gasteiger charge is 2.22. The number of carbonyl (C=O) groups is 1. The number of allylic oxidation sites excluding steroid dienone is 5. The minimum atomic E-state index is -0.245. The fourth-order valence-corrected chi connectivity index (χ4v) is 3.74. The molecule has 0 radical (unpaired) electrons. The Labute approximate surface area is 164 Å². The maximum absolute atomic E-state index is 13.0. The molecule has 3 heteroatoms. The summed E-state index contributed by atoms with van der Waals surface area (Å²) in [7, 11) is 0. The minimum absolute atomic E-state index is 0.0557. The summed E-state index contributed by atoms with van der Waals surface area (Å²) in [5.41, 5.74) is 2.37. The lowest BCUT2D eigenvalue weighted by Crippen LogP contribution is -2.06. The fourth-order valence-electron chi connectivity index (χ4n) is 2.74. The molecule has 0 bridgehead atoms. The Bertz CT molecular complexity index is 999. The fraction of sp³-hybridized carbons (Fsp3) is 0.167. The number of rotatable bonds is 3. The van der Waals surface area contributed by atoms with E-state index in [1.165, 1.54) is 0 Å². The van der Waals surface area contributed by atoms with Gasteiger partial charge in [0.25, 0.3) is 0 Å². The average Bonchev–Trinajstić information content (AvgIpc) is 2.67. The first kappa shape index (κ1) is 18.9. The van der Waals surface area contributed by atoms with E-state index in [1.807, 2.05) is 48.5 Å². The normalized spacial score (nSPS) is 15.7. The maximum atomic E-state index is 13.0. The molecule has 0 spiro atoms. The van der Waals surface area contributed by atoms with E-state index in [2.05, 4.69) is 39.0 Å². The van der Waals surface area contributed by atoms with E-state index >= 15 is 0 Å². The van der Waals surface area contributed by atoms with Crippen LogP contribution >= 0.6 is 11.8 Å². The van der Waals surface area contributed by atoms with E-state index in [9.17, 15) is 10.1 Å². The third-order valence-electron chi connectivity index (χ3n) is 4.08. The van der Waals surface area contributed by atoms with Crippen molar-refractivity contribution < 1.29 is 4.79 Å². The number of benzene rings is 2. The summed E-state index contributed by atoms with van der Waals surface area (Å²) in [6, 6.07) is 19.0. The van der Waals surface area contributed by atoms with E-state index in [0.717, 1.165) is 15.4 Å². The molecule has 2 aromatic rings. The first-order chi connectivity index (χ1) is 12.9. The number of fused-ring (bicyclic) bond motifs is 1. The lowest BCUT2D eigenvalue weighted by molar-refractivity contribution is 0.103. The van der Waals surface area contributed by atoms with E-state index in [0.29, 0.717) is 11.1 Å². The number of carbonyl (C=O) groups excluding carboxylic acids is 1. The molecule has 1 heterocycles. The Kier molecular flexibility index (Phi) is 5.48. The molecule has 2 nitrogen and oxygen atoms in total. The van der Waals surface area contributed by atoms with Gasteiger partial charge in [-0.15, -0.1) is 0 Å². The molecule has 0 N–H and O–H groups in total. The predicted molar refractivity (Wildman–Crippen MR) is 112 cm³/mol. The Morgan fingerprint density at radius 1 is 1.04 bits per heavy atom. The molecule has 27 heavy (non-hydrogen) atoms. The molecule has 2 aromatic carbocycles. The average molecular weight is 372 g/mol. The molecule has 0 aliphatic carbocycles. The quantitative estimate of drug-likeness (QED) is 0.354. The highest BCUT2D eigenvalue weighted by molar-refractivity contribution is 8.03. The Morgan fingerprint density at radius 2 is 1.70 bits per heavy atom. The molecule has 0 saturated heterocycles. The number of Topliss-reactive ketones (excluding diaryl/α,β-unsaturated/α-hetero) is 1. The van der Waals surface area contributed by atoms with Crippen LogP contribution in [0.1, 0.15) is 36.7 Å². The van der Waals surface area contributed by atoms with Crippen LogP contribution in [0.25, 0.3) is 5.57 Å². The number of hydrogen-bond donors (Lipinski definition) is 0. The second-order valence-corrected chi connectivity index (χ2v) is 8.56. The molecular formula is C24H21NOS. The highest BCUT2D eigenvalue weighted by Crippen LogP contribution is 2.42. The Morgan fingerprint density at radius 3 is 2.37 bits per heavy atom. The summed E-state index contributed by atoms with van der Waals surface area (Å²) in [6.45, 7) is 6.42. The Balaban J connectivity index is 2.16. The van der Waals surface area contributed by atoms with Crippen molar-refractivity contribution in [1.29, 1.82) is 5.26 Å². The van der Waals surface area contributed by atoms with Gasteiger partial charge >= 0.3 is 0 Å². The Hall–Kier alpha value is -2.83. The molecule has 1 aliphatic heterocycles. The van der Waals surface area contributed by atoms with Crippen molar-refractivity contribution in [1.82, 2.24) is 0 Å². The molecule has 0 saturated carbocycles. The third kappa shape index (κ3) is 4.48. The molecule has 0 atom stereocenters. The number of nitrogens with zero attached hydrogens (tertiary/aromatic N) is 1. The number of nitriles is 1. The topological polar surface area (TPSA) is 40.9 Å². The summed E-state index contributed by atoms with van der Waals surface area (Å²) in [5.74, 6) is -0.245. The summed E-state index contributed by atoms with van der Waals surface area (Å²) < 4.78 is 0. The molecule has 0 aromatic heterocycles. The van der Waals surface area contributed by atoms with Gasteiger partial charge in [0.2, 0.25) is 5.78 Å². The van der Waals surface area contributed by atoms with Crippen LogP contribution in [0.2, 0.25) is 0 Å². The smallest absolute Gasteiger partial charge is 0.204 e. The zero-order valence-corrected chi connectivity index (χ0v) is 16.5. The highest BCUT2D eigenvalue weighted by atomic mass is 32.2.